The van der Waals surface area contributed by atoms with E-state index in [2.05, 4.69) is 10.1 Å². The summed E-state index contributed by atoms with van der Waals surface area (Å²) < 4.78 is 41.3. The number of nitrogens with one attached hydrogen (secondary N) is 1. The van der Waals surface area contributed by atoms with Crippen LogP contribution in [-0.2, 0) is 76.3 Å². The van der Waals surface area contributed by atoms with Crippen LogP contribution in [-0.4, -0.2) is 104 Å². The zero-order valence-corrected chi connectivity index (χ0v) is 23.5. The first-order valence-electron chi connectivity index (χ1n) is 12.0. The Labute approximate surface area is 234 Å². The molecular weight excluding hydrogens is 558 g/mol. The second-order valence-electron chi connectivity index (χ2n) is 8.67. The molecule has 1 aliphatic rings. The van der Waals surface area contributed by atoms with Gasteiger partial charge in [-0.3, -0.25) is 33.6 Å². The minimum absolute atomic E-state index is 0.710. The van der Waals surface area contributed by atoms with Gasteiger partial charge in [0.1, 0.15) is 18.8 Å². The maximum atomic E-state index is 12.9. The molecule has 0 aromatic heterocycles. The van der Waals surface area contributed by atoms with Crippen LogP contribution in [0.4, 0.5) is 0 Å². The lowest BCUT2D eigenvalue weighted by atomic mass is 9.88. The molecule has 17 nitrogen and oxygen atoms in total. The van der Waals surface area contributed by atoms with Gasteiger partial charge in [-0.1, -0.05) is 0 Å². The van der Waals surface area contributed by atoms with Crippen LogP contribution < -0.4 is 5.32 Å². The first kappa shape index (κ1) is 34.7. The molecule has 1 fully saturated rings. The molecule has 0 aromatic rings. The summed E-state index contributed by atoms with van der Waals surface area (Å²) in [4.78, 5) is 96.6. The summed E-state index contributed by atoms with van der Waals surface area (Å²) in [5.74, 6) is -10.4. The minimum Gasteiger partial charge on any atom is -0.464 e. The smallest absolute Gasteiger partial charge is 0.379 e. The summed E-state index contributed by atoms with van der Waals surface area (Å²) >= 11 is 0. The van der Waals surface area contributed by atoms with Gasteiger partial charge in [0.2, 0.25) is 0 Å². The fraction of sp³-hybridized carbons (Fsp3) is 0.667. The van der Waals surface area contributed by atoms with Gasteiger partial charge in [0.25, 0.3) is 5.91 Å². The normalized spacial score (nSPS) is 23.0. The number of rotatable bonds is 12. The summed E-state index contributed by atoms with van der Waals surface area (Å²) in [7, 11) is 0.936. The second-order valence-corrected chi connectivity index (χ2v) is 8.67. The predicted molar refractivity (Wildman–Crippen MR) is 128 cm³/mol. The molecule has 230 valence electrons. The first-order valence-corrected chi connectivity index (χ1v) is 12.0. The highest BCUT2D eigenvalue weighted by molar-refractivity contribution is 5.83. The molecule has 0 spiro atoms. The molecule has 0 unspecified atom stereocenters. The van der Waals surface area contributed by atoms with E-state index >= 15 is 0 Å². The van der Waals surface area contributed by atoms with Crippen LogP contribution in [0.2, 0.25) is 0 Å². The predicted octanol–water partition coefficient (Wildman–Crippen LogP) is -1.39. The van der Waals surface area contributed by atoms with Crippen LogP contribution in [0.1, 0.15) is 48.0 Å². The van der Waals surface area contributed by atoms with E-state index in [1.165, 1.54) is 0 Å². The SMILES string of the molecule is COC(=O)[C@]1(OC(C)=O)C[C@H](OC(C)=O)[C@@H](NC(=O)COC(C)=O)[C@H]([C@H](OC(C)=O)[C@H](COC(C)=O)OC(C)=O)O1. The van der Waals surface area contributed by atoms with Gasteiger partial charge in [-0.15, -0.1) is 0 Å². The van der Waals surface area contributed by atoms with Gasteiger partial charge >= 0.3 is 47.6 Å². The minimum atomic E-state index is -2.64. The zero-order valence-electron chi connectivity index (χ0n) is 23.5. The van der Waals surface area contributed by atoms with E-state index in [0.717, 1.165) is 48.7 Å². The Morgan fingerprint density at radius 1 is 0.805 bits per heavy atom. The third-order valence-corrected chi connectivity index (χ3v) is 5.17. The van der Waals surface area contributed by atoms with Gasteiger partial charge in [-0.25, -0.2) is 4.79 Å². The standard InChI is InChI=1S/C24H33NO16/c1-11(26)35-9-18(38-14(4)29)21(39-15(5)30)22-20(25-19(32)10-36-12(2)27)17(37-13(3)28)8-24(41-22,23(33)34-7)40-16(6)31/h17-18,20-22H,8-10H2,1-7H3,(H,25,32)/t17-,18-,20+,21+,22+,24-/m0/s1. The number of carbonyl (C=O) groups excluding carboxylic acids is 8. The zero-order chi connectivity index (χ0) is 31.5. The molecule has 1 heterocycles. The molecule has 0 aliphatic carbocycles. The Morgan fingerprint density at radius 2 is 1.39 bits per heavy atom. The number of ether oxygens (including phenoxy) is 8. The number of esters is 7. The Hall–Kier alpha value is -4.28. The Balaban J connectivity index is 3.87. The fourth-order valence-corrected chi connectivity index (χ4v) is 3.90. The number of methoxy groups -OCH3 is 1. The van der Waals surface area contributed by atoms with E-state index in [4.69, 9.17) is 33.2 Å². The lowest BCUT2D eigenvalue weighted by Gasteiger charge is -2.48. The van der Waals surface area contributed by atoms with Crippen molar-refractivity contribution in [2.75, 3.05) is 20.3 Å². The second kappa shape index (κ2) is 15.5. The van der Waals surface area contributed by atoms with Crippen molar-refractivity contribution in [2.45, 2.75) is 84.2 Å². The van der Waals surface area contributed by atoms with E-state index < -0.39 is 104 Å². The third kappa shape index (κ3) is 11.0. The van der Waals surface area contributed by atoms with Crippen molar-refractivity contribution in [3.05, 3.63) is 0 Å². The Kier molecular flexibility index (Phi) is 13.1. The van der Waals surface area contributed by atoms with Gasteiger partial charge in [0.15, 0.2) is 18.8 Å². The van der Waals surface area contributed by atoms with Crippen LogP contribution in [0, 0.1) is 0 Å². The number of amides is 1. The highest BCUT2D eigenvalue weighted by Crippen LogP contribution is 2.37. The molecule has 1 saturated heterocycles. The van der Waals surface area contributed by atoms with Crippen molar-refractivity contribution in [1.29, 1.82) is 0 Å². The van der Waals surface area contributed by atoms with Gasteiger partial charge < -0.3 is 43.2 Å². The molecule has 41 heavy (non-hydrogen) atoms. The molecule has 1 N–H and O–H groups in total. The third-order valence-electron chi connectivity index (χ3n) is 5.17. The molecule has 0 aromatic carbocycles. The largest absolute Gasteiger partial charge is 0.464 e. The van der Waals surface area contributed by atoms with Crippen LogP contribution in [0.3, 0.4) is 0 Å². The summed E-state index contributed by atoms with van der Waals surface area (Å²) in [5.41, 5.74) is 0. The van der Waals surface area contributed by atoms with Crippen LogP contribution in [0.15, 0.2) is 0 Å². The summed E-state index contributed by atoms with van der Waals surface area (Å²) in [6.45, 7) is 4.45. The monoisotopic (exact) mass is 591 g/mol. The van der Waals surface area contributed by atoms with Crippen molar-refractivity contribution in [3.63, 3.8) is 0 Å². The lowest BCUT2D eigenvalue weighted by Crippen LogP contribution is -2.69. The average molecular weight is 592 g/mol. The molecule has 1 rings (SSSR count). The summed E-state index contributed by atoms with van der Waals surface area (Å²) in [5, 5.41) is 2.40. The molecule has 0 bridgehead atoms. The highest BCUT2D eigenvalue weighted by Gasteiger charge is 2.60. The van der Waals surface area contributed by atoms with Crippen LogP contribution in [0.5, 0.6) is 0 Å². The Bertz CT molecular complexity index is 1040. The molecule has 6 atom stereocenters. The molecule has 0 radical (unpaired) electrons. The van der Waals surface area contributed by atoms with E-state index in [0.29, 0.717) is 0 Å². The maximum Gasteiger partial charge on any atom is 0.379 e. The van der Waals surface area contributed by atoms with Crippen molar-refractivity contribution in [1.82, 2.24) is 5.32 Å². The van der Waals surface area contributed by atoms with Crippen molar-refractivity contribution >= 4 is 47.7 Å². The summed E-state index contributed by atoms with van der Waals surface area (Å²) in [6, 6.07) is -1.55. The van der Waals surface area contributed by atoms with Crippen LogP contribution in [0.25, 0.3) is 0 Å². The van der Waals surface area contributed by atoms with E-state index in [9.17, 15) is 38.4 Å². The first-order chi connectivity index (χ1) is 19.0. The van der Waals surface area contributed by atoms with E-state index in [-0.39, 0.29) is 0 Å². The number of hydrogen-bond donors (Lipinski definition) is 1. The highest BCUT2D eigenvalue weighted by atomic mass is 16.8. The topological polar surface area (TPSA) is 222 Å². The van der Waals surface area contributed by atoms with Gasteiger partial charge in [-0.05, 0) is 0 Å². The molecular formula is C24H33NO16. The summed E-state index contributed by atoms with van der Waals surface area (Å²) in [6.07, 6.45) is -7.58. The molecule has 1 amide bonds. The van der Waals surface area contributed by atoms with Gasteiger partial charge in [0, 0.05) is 41.5 Å². The average Bonchev–Trinajstić information content (AvgIpc) is 2.83. The van der Waals surface area contributed by atoms with E-state index in [1.54, 1.807) is 0 Å². The number of carbonyl (C=O) groups is 8. The quantitative estimate of drug-likeness (QED) is 0.204. The molecule has 1 aliphatic heterocycles. The Morgan fingerprint density at radius 3 is 1.85 bits per heavy atom. The van der Waals surface area contributed by atoms with Crippen molar-refractivity contribution < 1.29 is 76.3 Å². The van der Waals surface area contributed by atoms with Crippen molar-refractivity contribution in [2.24, 2.45) is 0 Å². The molecule has 17 heteroatoms. The number of hydrogen-bond acceptors (Lipinski definition) is 16. The fourth-order valence-electron chi connectivity index (χ4n) is 3.90. The lowest BCUT2D eigenvalue weighted by molar-refractivity contribution is -0.304. The van der Waals surface area contributed by atoms with Crippen LogP contribution >= 0.6 is 0 Å². The van der Waals surface area contributed by atoms with Crippen molar-refractivity contribution in [3.8, 4) is 0 Å². The van der Waals surface area contributed by atoms with E-state index in [1.807, 2.05) is 0 Å². The van der Waals surface area contributed by atoms with Gasteiger partial charge in [-0.2, -0.15) is 0 Å². The van der Waals surface area contributed by atoms with Gasteiger partial charge in [0.05, 0.1) is 19.6 Å². The maximum absolute atomic E-state index is 12.9. The molecule has 0 saturated carbocycles.